The molecule has 2 saturated heterocycles. The summed E-state index contributed by atoms with van der Waals surface area (Å²) in [5, 5.41) is 0. The number of carbonyl (C=O) groups is 1. The molecule has 0 aromatic rings. The van der Waals surface area contributed by atoms with Gasteiger partial charge in [-0.3, -0.25) is 9.69 Å². The van der Waals surface area contributed by atoms with E-state index in [4.69, 9.17) is 5.73 Å². The molecule has 2 N–H and O–H groups in total. The SMILES string of the molecule is CCCN1CCC[C@@H]1C(=O)N1CC[C@@H](CN)C1. The minimum absolute atomic E-state index is 0.159. The zero-order chi connectivity index (χ0) is 12.3. The van der Waals surface area contributed by atoms with Crippen LogP contribution in [-0.2, 0) is 4.79 Å². The number of likely N-dealkylation sites (tertiary alicyclic amines) is 2. The van der Waals surface area contributed by atoms with Crippen molar-refractivity contribution in [1.29, 1.82) is 0 Å². The van der Waals surface area contributed by atoms with Crippen molar-refractivity contribution < 1.29 is 4.79 Å². The van der Waals surface area contributed by atoms with Gasteiger partial charge in [0.2, 0.25) is 5.91 Å². The van der Waals surface area contributed by atoms with E-state index >= 15 is 0 Å². The van der Waals surface area contributed by atoms with E-state index in [-0.39, 0.29) is 6.04 Å². The highest BCUT2D eigenvalue weighted by atomic mass is 16.2. The van der Waals surface area contributed by atoms with Crippen LogP contribution in [0.5, 0.6) is 0 Å². The number of nitrogens with zero attached hydrogens (tertiary/aromatic N) is 2. The molecule has 2 atom stereocenters. The molecule has 2 aliphatic rings. The maximum Gasteiger partial charge on any atom is 0.239 e. The lowest BCUT2D eigenvalue weighted by molar-refractivity contribution is -0.135. The topological polar surface area (TPSA) is 49.6 Å². The fraction of sp³-hybridized carbons (Fsp3) is 0.923. The fourth-order valence-corrected chi connectivity index (χ4v) is 3.10. The Balaban J connectivity index is 1.91. The number of nitrogens with two attached hydrogens (primary N) is 1. The summed E-state index contributed by atoms with van der Waals surface area (Å²) in [6.45, 7) is 6.85. The van der Waals surface area contributed by atoms with Crippen molar-refractivity contribution in [2.24, 2.45) is 11.7 Å². The summed E-state index contributed by atoms with van der Waals surface area (Å²) >= 11 is 0. The zero-order valence-electron chi connectivity index (χ0n) is 10.9. The lowest BCUT2D eigenvalue weighted by Crippen LogP contribution is -2.45. The Morgan fingerprint density at radius 2 is 2.18 bits per heavy atom. The third-order valence-electron chi connectivity index (χ3n) is 4.09. The summed E-state index contributed by atoms with van der Waals surface area (Å²) in [6.07, 6.45) is 4.44. The fourth-order valence-electron chi connectivity index (χ4n) is 3.10. The van der Waals surface area contributed by atoms with Gasteiger partial charge in [-0.05, 0) is 51.2 Å². The highest BCUT2D eigenvalue weighted by Crippen LogP contribution is 2.23. The summed E-state index contributed by atoms with van der Waals surface area (Å²) in [4.78, 5) is 16.8. The van der Waals surface area contributed by atoms with Crippen molar-refractivity contribution in [3.63, 3.8) is 0 Å². The first-order valence-corrected chi connectivity index (χ1v) is 6.99. The van der Waals surface area contributed by atoms with Crippen LogP contribution in [0.4, 0.5) is 0 Å². The standard InChI is InChI=1S/C13H25N3O/c1-2-6-15-7-3-4-12(15)13(17)16-8-5-11(9-14)10-16/h11-12H,2-10,14H2,1H3/t11-,12+/m0/s1. The first kappa shape index (κ1) is 12.8. The largest absolute Gasteiger partial charge is 0.341 e. The van der Waals surface area contributed by atoms with E-state index in [9.17, 15) is 4.79 Å². The van der Waals surface area contributed by atoms with Gasteiger partial charge in [0.15, 0.2) is 0 Å². The molecule has 0 aliphatic carbocycles. The van der Waals surface area contributed by atoms with Gasteiger partial charge >= 0.3 is 0 Å². The van der Waals surface area contributed by atoms with Crippen molar-refractivity contribution in [3.8, 4) is 0 Å². The smallest absolute Gasteiger partial charge is 0.239 e. The Morgan fingerprint density at radius 3 is 2.82 bits per heavy atom. The predicted molar refractivity (Wildman–Crippen MR) is 68.6 cm³/mol. The van der Waals surface area contributed by atoms with Crippen LogP contribution in [0.15, 0.2) is 0 Å². The molecule has 2 rings (SSSR count). The second kappa shape index (κ2) is 5.83. The molecular weight excluding hydrogens is 214 g/mol. The third kappa shape index (κ3) is 2.80. The van der Waals surface area contributed by atoms with Crippen molar-refractivity contribution in [3.05, 3.63) is 0 Å². The van der Waals surface area contributed by atoms with E-state index in [2.05, 4.69) is 11.8 Å². The van der Waals surface area contributed by atoms with E-state index in [0.717, 1.165) is 45.4 Å². The second-order valence-electron chi connectivity index (χ2n) is 5.37. The van der Waals surface area contributed by atoms with Gasteiger partial charge in [0.25, 0.3) is 0 Å². The molecular formula is C13H25N3O. The van der Waals surface area contributed by atoms with Crippen LogP contribution in [-0.4, -0.2) is 54.5 Å². The first-order valence-electron chi connectivity index (χ1n) is 6.99. The summed E-state index contributed by atoms with van der Waals surface area (Å²) in [5.41, 5.74) is 5.68. The first-order chi connectivity index (χ1) is 8.26. The van der Waals surface area contributed by atoms with E-state index in [1.807, 2.05) is 4.90 Å². The van der Waals surface area contributed by atoms with E-state index in [0.29, 0.717) is 18.4 Å². The Bertz CT molecular complexity index is 269. The molecule has 17 heavy (non-hydrogen) atoms. The Hall–Kier alpha value is -0.610. The molecule has 0 saturated carbocycles. The minimum Gasteiger partial charge on any atom is -0.341 e. The molecule has 98 valence electrons. The van der Waals surface area contributed by atoms with Crippen LogP contribution in [0.3, 0.4) is 0 Å². The lowest BCUT2D eigenvalue weighted by Gasteiger charge is -2.27. The minimum atomic E-state index is 0.159. The van der Waals surface area contributed by atoms with Crippen molar-refractivity contribution in [2.45, 2.75) is 38.6 Å². The molecule has 0 aromatic carbocycles. The van der Waals surface area contributed by atoms with Crippen molar-refractivity contribution >= 4 is 5.91 Å². The van der Waals surface area contributed by atoms with Crippen LogP contribution < -0.4 is 5.73 Å². The summed E-state index contributed by atoms with van der Waals surface area (Å²) < 4.78 is 0. The summed E-state index contributed by atoms with van der Waals surface area (Å²) in [5.74, 6) is 0.881. The van der Waals surface area contributed by atoms with Gasteiger partial charge in [0.05, 0.1) is 6.04 Å². The Labute approximate surface area is 104 Å². The van der Waals surface area contributed by atoms with Crippen LogP contribution in [0, 0.1) is 5.92 Å². The molecule has 4 nitrogen and oxygen atoms in total. The number of rotatable bonds is 4. The average molecular weight is 239 g/mol. The number of hydrogen-bond acceptors (Lipinski definition) is 3. The van der Waals surface area contributed by atoms with Crippen molar-refractivity contribution in [1.82, 2.24) is 9.80 Å². The van der Waals surface area contributed by atoms with Crippen LogP contribution >= 0.6 is 0 Å². The molecule has 2 fully saturated rings. The summed E-state index contributed by atoms with van der Waals surface area (Å²) in [6, 6.07) is 0.159. The molecule has 0 aromatic heterocycles. The zero-order valence-corrected chi connectivity index (χ0v) is 10.9. The highest BCUT2D eigenvalue weighted by molar-refractivity contribution is 5.82. The van der Waals surface area contributed by atoms with E-state index in [1.165, 1.54) is 6.42 Å². The van der Waals surface area contributed by atoms with Gasteiger partial charge in [-0.2, -0.15) is 0 Å². The van der Waals surface area contributed by atoms with Crippen LogP contribution in [0.2, 0.25) is 0 Å². The summed E-state index contributed by atoms with van der Waals surface area (Å²) in [7, 11) is 0. The third-order valence-corrected chi connectivity index (χ3v) is 4.09. The van der Waals surface area contributed by atoms with Crippen LogP contribution in [0.25, 0.3) is 0 Å². The molecule has 0 spiro atoms. The number of hydrogen-bond donors (Lipinski definition) is 1. The van der Waals surface area contributed by atoms with E-state index in [1.54, 1.807) is 0 Å². The van der Waals surface area contributed by atoms with Gasteiger partial charge in [0, 0.05) is 13.1 Å². The van der Waals surface area contributed by atoms with E-state index < -0.39 is 0 Å². The quantitative estimate of drug-likeness (QED) is 0.784. The molecule has 0 unspecified atom stereocenters. The number of amides is 1. The Morgan fingerprint density at radius 1 is 1.35 bits per heavy atom. The monoisotopic (exact) mass is 239 g/mol. The maximum absolute atomic E-state index is 12.4. The Kier molecular flexibility index (Phi) is 4.40. The number of carbonyl (C=O) groups excluding carboxylic acids is 1. The lowest BCUT2D eigenvalue weighted by atomic mass is 10.1. The molecule has 0 radical (unpaired) electrons. The molecule has 2 heterocycles. The van der Waals surface area contributed by atoms with Gasteiger partial charge in [0.1, 0.15) is 0 Å². The molecule has 2 aliphatic heterocycles. The highest BCUT2D eigenvalue weighted by Gasteiger charge is 2.35. The van der Waals surface area contributed by atoms with Crippen LogP contribution in [0.1, 0.15) is 32.6 Å². The van der Waals surface area contributed by atoms with Crippen molar-refractivity contribution in [2.75, 3.05) is 32.7 Å². The average Bonchev–Trinajstić information content (AvgIpc) is 2.97. The molecule has 0 bridgehead atoms. The molecule has 1 amide bonds. The van der Waals surface area contributed by atoms with Gasteiger partial charge in [-0.25, -0.2) is 0 Å². The molecule has 4 heteroatoms. The maximum atomic E-state index is 12.4. The second-order valence-corrected chi connectivity index (χ2v) is 5.37. The van der Waals surface area contributed by atoms with Gasteiger partial charge < -0.3 is 10.6 Å². The van der Waals surface area contributed by atoms with Gasteiger partial charge in [-0.15, -0.1) is 0 Å². The van der Waals surface area contributed by atoms with Gasteiger partial charge in [-0.1, -0.05) is 6.92 Å². The normalized spacial score (nSPS) is 30.1. The predicted octanol–water partition coefficient (Wildman–Crippen LogP) is 0.668.